The molecule has 0 unspecified atom stereocenters. The molecule has 0 atom stereocenters. The van der Waals surface area contributed by atoms with Crippen LogP contribution in [-0.2, 0) is 10.0 Å². The fourth-order valence-corrected chi connectivity index (χ4v) is 4.29. The summed E-state index contributed by atoms with van der Waals surface area (Å²) in [4.78, 5) is 10.6. The van der Waals surface area contributed by atoms with Gasteiger partial charge in [-0.3, -0.25) is 20.3 Å². The average molecular weight is 485 g/mol. The highest BCUT2D eigenvalue weighted by molar-refractivity contribution is 7.92. The zero-order valence-electron chi connectivity index (χ0n) is 18.8. The van der Waals surface area contributed by atoms with Crippen LogP contribution in [0.3, 0.4) is 0 Å². The van der Waals surface area contributed by atoms with Crippen LogP contribution in [0.25, 0.3) is 0 Å². The average Bonchev–Trinajstić information content (AvgIpc) is 2.78. The molecule has 0 fully saturated rings. The molecule has 0 aromatic heterocycles. The first-order valence-corrected chi connectivity index (χ1v) is 11.7. The van der Waals surface area contributed by atoms with Crippen molar-refractivity contribution in [2.45, 2.75) is 25.7 Å². The highest BCUT2D eigenvalue weighted by atomic mass is 32.2. The predicted molar refractivity (Wildman–Crippen MR) is 130 cm³/mol. The van der Waals surface area contributed by atoms with Crippen molar-refractivity contribution in [3.05, 3.63) is 81.4 Å². The van der Waals surface area contributed by atoms with E-state index in [1.54, 1.807) is 44.2 Å². The molecule has 0 aliphatic rings. The van der Waals surface area contributed by atoms with Crippen molar-refractivity contribution in [1.82, 2.24) is 0 Å². The van der Waals surface area contributed by atoms with Gasteiger partial charge in [0.1, 0.15) is 5.69 Å². The Morgan fingerprint density at radius 2 is 1.85 bits per heavy atom. The van der Waals surface area contributed by atoms with Crippen LogP contribution in [0.2, 0.25) is 0 Å². The number of rotatable bonds is 9. The SMILES string of the molecule is CCOc1cccc(C=NNc2ccc(S(=O)(=O)Nc3ccc(C)cc3C)cc2[N+](=O)[O-])c1O. The maximum atomic E-state index is 12.8. The molecule has 3 rings (SSSR count). The van der Waals surface area contributed by atoms with E-state index in [4.69, 9.17) is 4.74 Å². The van der Waals surface area contributed by atoms with E-state index in [0.717, 1.165) is 17.2 Å². The normalized spacial score (nSPS) is 11.4. The number of hydrogen-bond donors (Lipinski definition) is 3. The maximum Gasteiger partial charge on any atom is 0.295 e. The van der Waals surface area contributed by atoms with Gasteiger partial charge in [-0.25, -0.2) is 8.42 Å². The number of phenolic OH excluding ortho intramolecular Hbond substituents is 1. The van der Waals surface area contributed by atoms with Crippen LogP contribution in [-0.4, -0.2) is 31.3 Å². The first kappa shape index (κ1) is 24.5. The number of sulfonamides is 1. The summed E-state index contributed by atoms with van der Waals surface area (Å²) in [6, 6.07) is 13.5. The van der Waals surface area contributed by atoms with Gasteiger partial charge in [-0.1, -0.05) is 23.8 Å². The molecule has 178 valence electrons. The van der Waals surface area contributed by atoms with Gasteiger partial charge in [-0.05, 0) is 56.7 Å². The first-order valence-electron chi connectivity index (χ1n) is 10.2. The fraction of sp³-hybridized carbons (Fsp3) is 0.174. The van der Waals surface area contributed by atoms with Crippen LogP contribution >= 0.6 is 0 Å². The Morgan fingerprint density at radius 1 is 1.12 bits per heavy atom. The van der Waals surface area contributed by atoms with Crippen molar-refractivity contribution in [3.63, 3.8) is 0 Å². The third kappa shape index (κ3) is 5.62. The molecule has 0 spiro atoms. The van der Waals surface area contributed by atoms with Crippen molar-refractivity contribution in [1.29, 1.82) is 0 Å². The lowest BCUT2D eigenvalue weighted by atomic mass is 10.1. The van der Waals surface area contributed by atoms with Gasteiger partial charge in [-0.2, -0.15) is 5.10 Å². The lowest BCUT2D eigenvalue weighted by molar-refractivity contribution is -0.384. The monoisotopic (exact) mass is 484 g/mol. The van der Waals surface area contributed by atoms with Crippen molar-refractivity contribution >= 4 is 33.3 Å². The van der Waals surface area contributed by atoms with E-state index in [2.05, 4.69) is 15.2 Å². The van der Waals surface area contributed by atoms with Crippen LogP contribution in [0.4, 0.5) is 17.1 Å². The van der Waals surface area contributed by atoms with Crippen molar-refractivity contribution < 1.29 is 23.2 Å². The molecular weight excluding hydrogens is 460 g/mol. The summed E-state index contributed by atoms with van der Waals surface area (Å²) in [6.07, 6.45) is 1.27. The largest absolute Gasteiger partial charge is 0.504 e. The van der Waals surface area contributed by atoms with Crippen LogP contribution < -0.4 is 14.9 Å². The molecule has 0 heterocycles. The van der Waals surface area contributed by atoms with E-state index in [-0.39, 0.29) is 22.1 Å². The zero-order chi connectivity index (χ0) is 24.9. The molecule has 0 aliphatic heterocycles. The third-order valence-corrected chi connectivity index (χ3v) is 6.18. The Labute approximate surface area is 197 Å². The number of nitrogens with one attached hydrogen (secondary N) is 2. The predicted octanol–water partition coefficient (Wildman–Crippen LogP) is 4.56. The minimum Gasteiger partial charge on any atom is -0.504 e. The molecule has 0 amide bonds. The number of nitrogens with zero attached hydrogens (tertiary/aromatic N) is 2. The van der Waals surface area contributed by atoms with Gasteiger partial charge in [0, 0.05) is 11.6 Å². The molecule has 3 aromatic rings. The van der Waals surface area contributed by atoms with Crippen molar-refractivity contribution in [2.75, 3.05) is 16.8 Å². The molecular formula is C23H24N4O6S. The number of nitro groups is 1. The van der Waals surface area contributed by atoms with Gasteiger partial charge >= 0.3 is 0 Å². The van der Waals surface area contributed by atoms with Crippen molar-refractivity contribution in [3.8, 4) is 11.5 Å². The van der Waals surface area contributed by atoms with E-state index in [0.29, 0.717) is 17.9 Å². The molecule has 11 heteroatoms. The molecule has 34 heavy (non-hydrogen) atoms. The molecule has 0 saturated carbocycles. The molecule has 0 saturated heterocycles. The van der Waals surface area contributed by atoms with E-state index < -0.39 is 20.6 Å². The molecule has 0 radical (unpaired) electrons. The number of anilines is 2. The van der Waals surface area contributed by atoms with Gasteiger partial charge < -0.3 is 9.84 Å². The molecule has 3 N–H and O–H groups in total. The molecule has 3 aromatic carbocycles. The Morgan fingerprint density at radius 3 is 2.53 bits per heavy atom. The summed E-state index contributed by atoms with van der Waals surface area (Å²) in [6.45, 7) is 5.80. The summed E-state index contributed by atoms with van der Waals surface area (Å²) in [5.41, 5.74) is 4.44. The lowest BCUT2D eigenvalue weighted by Gasteiger charge is -2.12. The molecule has 0 bridgehead atoms. The van der Waals surface area contributed by atoms with Crippen LogP contribution in [0.1, 0.15) is 23.6 Å². The number of benzene rings is 3. The number of para-hydroxylation sites is 1. The minimum absolute atomic E-state index is 0.0211. The topological polar surface area (TPSA) is 143 Å². The quantitative estimate of drug-likeness (QED) is 0.229. The van der Waals surface area contributed by atoms with Crippen LogP contribution in [0.5, 0.6) is 11.5 Å². The number of nitro benzene ring substituents is 1. The highest BCUT2D eigenvalue weighted by Gasteiger charge is 2.22. The summed E-state index contributed by atoms with van der Waals surface area (Å²) in [7, 11) is -4.07. The Balaban J connectivity index is 1.85. The van der Waals surface area contributed by atoms with E-state index >= 15 is 0 Å². The Hall–Kier alpha value is -4.12. The number of aryl methyl sites for hydroxylation is 2. The standard InChI is InChI=1S/C23H24N4O6S/c1-4-33-22-7-5-6-17(23(22)28)14-24-25-20-11-9-18(13-21(20)27(29)30)34(31,32)26-19-10-8-15(2)12-16(19)3/h5-14,25-26,28H,4H2,1-3H3. The van der Waals surface area contributed by atoms with E-state index in [1.807, 2.05) is 13.0 Å². The summed E-state index contributed by atoms with van der Waals surface area (Å²) < 4.78 is 33.4. The number of hydrazone groups is 1. The van der Waals surface area contributed by atoms with Gasteiger partial charge in [0.15, 0.2) is 11.5 Å². The Bertz CT molecular complexity index is 1360. The van der Waals surface area contributed by atoms with E-state index in [9.17, 15) is 23.6 Å². The van der Waals surface area contributed by atoms with Crippen LogP contribution in [0.15, 0.2) is 64.6 Å². The zero-order valence-corrected chi connectivity index (χ0v) is 19.6. The van der Waals surface area contributed by atoms with Gasteiger partial charge in [0.2, 0.25) is 0 Å². The highest BCUT2D eigenvalue weighted by Crippen LogP contribution is 2.30. The number of hydrogen-bond acceptors (Lipinski definition) is 8. The summed E-state index contributed by atoms with van der Waals surface area (Å²) in [5, 5.41) is 25.7. The second kappa shape index (κ2) is 10.2. The van der Waals surface area contributed by atoms with Gasteiger partial charge in [0.25, 0.3) is 15.7 Å². The van der Waals surface area contributed by atoms with E-state index in [1.165, 1.54) is 18.3 Å². The smallest absolute Gasteiger partial charge is 0.295 e. The summed E-state index contributed by atoms with van der Waals surface area (Å²) >= 11 is 0. The second-order valence-corrected chi connectivity index (χ2v) is 9.04. The minimum atomic E-state index is -4.07. The second-order valence-electron chi connectivity index (χ2n) is 7.36. The number of phenols is 1. The summed E-state index contributed by atoms with van der Waals surface area (Å²) in [5.74, 6) is 0.159. The van der Waals surface area contributed by atoms with Gasteiger partial charge in [0.05, 0.1) is 28.3 Å². The third-order valence-electron chi connectivity index (χ3n) is 4.82. The molecule has 10 nitrogen and oxygen atoms in total. The maximum absolute atomic E-state index is 12.8. The molecule has 0 aliphatic carbocycles. The lowest BCUT2D eigenvalue weighted by Crippen LogP contribution is -2.14. The van der Waals surface area contributed by atoms with Crippen molar-refractivity contribution in [2.24, 2.45) is 5.10 Å². The number of aromatic hydroxyl groups is 1. The van der Waals surface area contributed by atoms with Crippen LogP contribution in [0, 0.1) is 24.0 Å². The van der Waals surface area contributed by atoms with Gasteiger partial charge in [-0.15, -0.1) is 0 Å². The first-order chi connectivity index (χ1) is 16.1. The number of ether oxygens (including phenoxy) is 1. The Kier molecular flexibility index (Phi) is 7.37. The fourth-order valence-electron chi connectivity index (χ4n) is 3.14.